The number of benzene rings is 1. The van der Waals surface area contributed by atoms with Crippen molar-refractivity contribution in [1.82, 2.24) is 19.7 Å². The van der Waals surface area contributed by atoms with Gasteiger partial charge in [-0.15, -0.1) is 11.3 Å². The van der Waals surface area contributed by atoms with Crippen molar-refractivity contribution < 1.29 is 17.7 Å². The molecule has 0 aliphatic carbocycles. The minimum absolute atomic E-state index is 0.0742. The lowest BCUT2D eigenvalue weighted by Gasteiger charge is -2.12. The minimum Gasteiger partial charge on any atom is -0.338 e. The molecule has 0 saturated heterocycles. The predicted molar refractivity (Wildman–Crippen MR) is 118 cm³/mol. The molecule has 0 amide bonds. The van der Waals surface area contributed by atoms with E-state index >= 15 is 0 Å². The number of nitrogens with zero attached hydrogens (tertiary/aromatic N) is 4. The van der Waals surface area contributed by atoms with E-state index in [1.807, 2.05) is 5.38 Å². The Balaban J connectivity index is 1.56. The maximum atomic E-state index is 13.0. The fourth-order valence-electron chi connectivity index (χ4n) is 3.01. The molecule has 0 bridgehead atoms. The number of hydrogen-bond acceptors (Lipinski definition) is 7. The average molecular weight is 481 g/mol. The van der Waals surface area contributed by atoms with Gasteiger partial charge in [-0.1, -0.05) is 42.9 Å². The predicted octanol–water partition coefficient (Wildman–Crippen LogP) is 5.87. The van der Waals surface area contributed by atoms with Crippen molar-refractivity contribution in [2.24, 2.45) is 5.92 Å². The zero-order valence-electron chi connectivity index (χ0n) is 17.2. The summed E-state index contributed by atoms with van der Waals surface area (Å²) < 4.78 is 46.4. The SMILES string of the molecule is CC(C)CCn1c(SCc2nc(-c3cccc(C(F)(F)F)c3)no2)nc2ccsc2c1=O. The number of rotatable bonds is 7. The molecule has 0 fully saturated rings. The highest BCUT2D eigenvalue weighted by Gasteiger charge is 2.30. The van der Waals surface area contributed by atoms with E-state index in [0.717, 1.165) is 18.6 Å². The molecule has 0 atom stereocenters. The van der Waals surface area contributed by atoms with E-state index in [1.165, 1.54) is 35.2 Å². The summed E-state index contributed by atoms with van der Waals surface area (Å²) in [6, 6.07) is 6.57. The van der Waals surface area contributed by atoms with E-state index in [4.69, 9.17) is 4.52 Å². The molecule has 0 aliphatic rings. The summed E-state index contributed by atoms with van der Waals surface area (Å²) in [7, 11) is 0. The molecule has 0 unspecified atom stereocenters. The molecule has 4 rings (SSSR count). The summed E-state index contributed by atoms with van der Waals surface area (Å²) in [6.45, 7) is 4.71. The fraction of sp³-hybridized carbons (Fsp3) is 0.333. The van der Waals surface area contributed by atoms with Crippen molar-refractivity contribution in [3.8, 4) is 11.4 Å². The van der Waals surface area contributed by atoms with Gasteiger partial charge in [0.15, 0.2) is 5.16 Å². The molecule has 3 aromatic heterocycles. The van der Waals surface area contributed by atoms with Gasteiger partial charge in [0.05, 0.1) is 16.8 Å². The maximum absolute atomic E-state index is 13.0. The van der Waals surface area contributed by atoms with Crippen LogP contribution in [0.1, 0.15) is 31.7 Å². The smallest absolute Gasteiger partial charge is 0.338 e. The quantitative estimate of drug-likeness (QED) is 0.243. The van der Waals surface area contributed by atoms with Gasteiger partial charge in [0, 0.05) is 12.1 Å². The van der Waals surface area contributed by atoms with Crippen LogP contribution < -0.4 is 5.56 Å². The molecule has 6 nitrogen and oxygen atoms in total. The minimum atomic E-state index is -4.45. The summed E-state index contributed by atoms with van der Waals surface area (Å²) in [5.74, 6) is 0.961. The molecule has 32 heavy (non-hydrogen) atoms. The zero-order chi connectivity index (χ0) is 22.9. The van der Waals surface area contributed by atoms with Gasteiger partial charge in [0.25, 0.3) is 5.56 Å². The van der Waals surface area contributed by atoms with Gasteiger partial charge in [-0.05, 0) is 35.9 Å². The van der Waals surface area contributed by atoms with E-state index in [9.17, 15) is 18.0 Å². The summed E-state index contributed by atoms with van der Waals surface area (Å²) in [5, 5.41) is 6.18. The van der Waals surface area contributed by atoms with Crippen LogP contribution in [0, 0.1) is 5.92 Å². The number of halogens is 3. The van der Waals surface area contributed by atoms with Gasteiger partial charge in [-0.3, -0.25) is 9.36 Å². The first-order chi connectivity index (χ1) is 15.2. The Morgan fingerprint density at radius 2 is 2.03 bits per heavy atom. The number of alkyl halides is 3. The molecule has 0 saturated carbocycles. The van der Waals surface area contributed by atoms with E-state index in [2.05, 4.69) is 29.0 Å². The molecule has 168 valence electrons. The lowest BCUT2D eigenvalue weighted by Crippen LogP contribution is -2.23. The molecular formula is C21H19F3N4O2S2. The molecule has 4 aromatic rings. The number of fused-ring (bicyclic) bond motifs is 1. The Morgan fingerprint density at radius 1 is 1.22 bits per heavy atom. The standard InChI is InChI=1S/C21H19F3N4O2S2/c1-12(2)6-8-28-19(29)17-15(7-9-31-17)25-20(28)32-11-16-26-18(27-30-16)13-4-3-5-14(10-13)21(22,23)24/h3-5,7,9-10,12H,6,8,11H2,1-2H3. The highest BCUT2D eigenvalue weighted by atomic mass is 32.2. The van der Waals surface area contributed by atoms with Gasteiger partial charge in [0.2, 0.25) is 11.7 Å². The third kappa shape index (κ3) is 4.88. The second-order valence-electron chi connectivity index (χ2n) is 7.55. The van der Waals surface area contributed by atoms with Crippen LogP contribution in [-0.2, 0) is 18.5 Å². The summed E-state index contributed by atoms with van der Waals surface area (Å²) in [5.41, 5.74) is -0.00791. The monoisotopic (exact) mass is 480 g/mol. The third-order valence-corrected chi connectivity index (χ3v) is 6.55. The number of thioether (sulfide) groups is 1. The second kappa shape index (κ2) is 9.07. The van der Waals surface area contributed by atoms with Crippen molar-refractivity contribution in [3.05, 3.63) is 57.5 Å². The normalized spacial score (nSPS) is 12.2. The second-order valence-corrected chi connectivity index (χ2v) is 9.41. The van der Waals surface area contributed by atoms with Crippen molar-refractivity contribution in [1.29, 1.82) is 0 Å². The van der Waals surface area contributed by atoms with Gasteiger partial charge in [-0.2, -0.15) is 18.2 Å². The third-order valence-electron chi connectivity index (χ3n) is 4.70. The van der Waals surface area contributed by atoms with Gasteiger partial charge >= 0.3 is 6.18 Å². The van der Waals surface area contributed by atoms with Gasteiger partial charge in [0.1, 0.15) is 4.70 Å². The van der Waals surface area contributed by atoms with Gasteiger partial charge < -0.3 is 4.52 Å². The first kappa shape index (κ1) is 22.5. The first-order valence-corrected chi connectivity index (χ1v) is 11.7. The van der Waals surface area contributed by atoms with E-state index in [0.29, 0.717) is 27.8 Å². The van der Waals surface area contributed by atoms with Crippen molar-refractivity contribution in [2.45, 2.75) is 43.9 Å². The first-order valence-electron chi connectivity index (χ1n) is 9.83. The average Bonchev–Trinajstić information content (AvgIpc) is 3.41. The molecular weight excluding hydrogens is 461 g/mol. The van der Waals surface area contributed by atoms with Crippen molar-refractivity contribution in [3.63, 3.8) is 0 Å². The van der Waals surface area contributed by atoms with Crippen LogP contribution in [0.4, 0.5) is 13.2 Å². The number of aromatic nitrogens is 4. The topological polar surface area (TPSA) is 73.8 Å². The fourth-order valence-corrected chi connectivity index (χ4v) is 4.65. The van der Waals surface area contributed by atoms with Crippen LogP contribution in [0.5, 0.6) is 0 Å². The molecule has 0 N–H and O–H groups in total. The van der Waals surface area contributed by atoms with Crippen LogP contribution in [0.3, 0.4) is 0 Å². The van der Waals surface area contributed by atoms with Crippen LogP contribution >= 0.6 is 23.1 Å². The van der Waals surface area contributed by atoms with Crippen LogP contribution in [0.2, 0.25) is 0 Å². The van der Waals surface area contributed by atoms with Crippen LogP contribution in [0.25, 0.3) is 21.6 Å². The molecule has 11 heteroatoms. The lowest BCUT2D eigenvalue weighted by atomic mass is 10.1. The highest BCUT2D eigenvalue weighted by molar-refractivity contribution is 7.98. The van der Waals surface area contributed by atoms with E-state index < -0.39 is 11.7 Å². The molecule has 3 heterocycles. The Bertz CT molecular complexity index is 1290. The summed E-state index contributed by atoms with van der Waals surface area (Å²) in [6.07, 6.45) is -3.63. The summed E-state index contributed by atoms with van der Waals surface area (Å²) in [4.78, 5) is 21.7. The summed E-state index contributed by atoms with van der Waals surface area (Å²) >= 11 is 2.64. The highest BCUT2D eigenvalue weighted by Crippen LogP contribution is 2.32. The van der Waals surface area contributed by atoms with Gasteiger partial charge in [-0.25, -0.2) is 4.98 Å². The molecule has 0 radical (unpaired) electrons. The lowest BCUT2D eigenvalue weighted by molar-refractivity contribution is -0.137. The van der Waals surface area contributed by atoms with Crippen LogP contribution in [0.15, 0.2) is 50.2 Å². The molecule has 1 aromatic carbocycles. The maximum Gasteiger partial charge on any atom is 0.416 e. The zero-order valence-corrected chi connectivity index (χ0v) is 18.9. The molecule has 0 aliphatic heterocycles. The Kier molecular flexibility index (Phi) is 6.38. The van der Waals surface area contributed by atoms with Crippen molar-refractivity contribution >= 4 is 33.3 Å². The Labute approximate surface area is 189 Å². The van der Waals surface area contributed by atoms with E-state index in [1.54, 1.807) is 10.6 Å². The number of thiophene rings is 1. The molecule has 0 spiro atoms. The number of hydrogen-bond donors (Lipinski definition) is 0. The van der Waals surface area contributed by atoms with Crippen LogP contribution in [-0.4, -0.2) is 19.7 Å². The largest absolute Gasteiger partial charge is 0.416 e. The Morgan fingerprint density at radius 3 is 2.78 bits per heavy atom. The Hall–Kier alpha value is -2.66. The van der Waals surface area contributed by atoms with E-state index in [-0.39, 0.29) is 28.6 Å². The van der Waals surface area contributed by atoms with Crippen molar-refractivity contribution in [2.75, 3.05) is 0 Å².